The number of nitrogens with one attached hydrogen (secondary N) is 1. The van der Waals surface area contributed by atoms with E-state index < -0.39 is 0 Å². The van der Waals surface area contributed by atoms with Crippen LogP contribution in [0.5, 0.6) is 0 Å². The van der Waals surface area contributed by atoms with Crippen LogP contribution in [0.1, 0.15) is 17.5 Å². The molecule has 18 heavy (non-hydrogen) atoms. The number of rotatable bonds is 4. The van der Waals surface area contributed by atoms with Crippen LogP contribution in [0.4, 0.5) is 5.69 Å². The summed E-state index contributed by atoms with van der Waals surface area (Å²) in [6.45, 7) is 4.69. The van der Waals surface area contributed by atoms with Gasteiger partial charge in [0, 0.05) is 12.2 Å². The molecule has 0 atom stereocenters. The van der Waals surface area contributed by atoms with Crippen molar-refractivity contribution in [1.29, 1.82) is 0 Å². The molecule has 0 fully saturated rings. The van der Waals surface area contributed by atoms with Crippen LogP contribution in [-0.4, -0.2) is 6.54 Å². The maximum absolute atomic E-state index is 3.74. The molecular weight excluding hydrogens is 218 g/mol. The summed E-state index contributed by atoms with van der Waals surface area (Å²) in [6.07, 6.45) is 4.00. The van der Waals surface area contributed by atoms with Crippen molar-refractivity contribution in [3.05, 3.63) is 66.2 Å². The van der Waals surface area contributed by atoms with Crippen LogP contribution in [0.25, 0.3) is 11.1 Å². The Hall–Kier alpha value is -2.02. The Morgan fingerprint density at radius 2 is 1.89 bits per heavy atom. The van der Waals surface area contributed by atoms with E-state index in [1.807, 2.05) is 6.08 Å². The van der Waals surface area contributed by atoms with Gasteiger partial charge in [-0.05, 0) is 47.2 Å². The van der Waals surface area contributed by atoms with Crippen molar-refractivity contribution >= 4 is 5.69 Å². The topological polar surface area (TPSA) is 12.0 Å². The molecule has 3 rings (SSSR count). The van der Waals surface area contributed by atoms with Crippen LogP contribution < -0.4 is 5.32 Å². The van der Waals surface area contributed by atoms with Crippen LogP contribution in [0, 0.1) is 0 Å². The fourth-order valence-corrected chi connectivity index (χ4v) is 2.57. The number of hydrogen-bond donors (Lipinski definition) is 1. The van der Waals surface area contributed by atoms with E-state index in [2.05, 4.69) is 54.4 Å². The molecule has 0 amide bonds. The Kier molecular flexibility index (Phi) is 2.89. The van der Waals surface area contributed by atoms with E-state index >= 15 is 0 Å². The highest BCUT2D eigenvalue weighted by molar-refractivity contribution is 5.78. The van der Waals surface area contributed by atoms with Crippen molar-refractivity contribution in [1.82, 2.24) is 0 Å². The van der Waals surface area contributed by atoms with Gasteiger partial charge in [0.25, 0.3) is 0 Å². The summed E-state index contributed by atoms with van der Waals surface area (Å²) in [5.41, 5.74) is 6.86. The number of fused-ring (bicyclic) bond motifs is 3. The van der Waals surface area contributed by atoms with Gasteiger partial charge in [0.1, 0.15) is 0 Å². The third-order valence-electron chi connectivity index (χ3n) is 3.47. The summed E-state index contributed by atoms with van der Waals surface area (Å²) < 4.78 is 0. The Morgan fingerprint density at radius 1 is 1.06 bits per heavy atom. The van der Waals surface area contributed by atoms with Gasteiger partial charge < -0.3 is 5.32 Å². The van der Waals surface area contributed by atoms with E-state index in [1.165, 1.54) is 27.9 Å². The van der Waals surface area contributed by atoms with Gasteiger partial charge in [0.05, 0.1) is 0 Å². The molecule has 1 N–H and O–H groups in total. The molecule has 2 aromatic carbocycles. The largest absolute Gasteiger partial charge is 0.385 e. The fourth-order valence-electron chi connectivity index (χ4n) is 2.57. The maximum Gasteiger partial charge on any atom is 0.0343 e. The summed E-state index contributed by atoms with van der Waals surface area (Å²) >= 11 is 0. The molecule has 0 radical (unpaired) electrons. The first-order valence-corrected chi connectivity index (χ1v) is 6.44. The highest BCUT2D eigenvalue weighted by atomic mass is 14.9. The maximum atomic E-state index is 3.74. The minimum absolute atomic E-state index is 0.954. The smallest absolute Gasteiger partial charge is 0.0343 e. The van der Waals surface area contributed by atoms with Gasteiger partial charge in [-0.25, -0.2) is 0 Å². The van der Waals surface area contributed by atoms with E-state index in [0.717, 1.165) is 19.4 Å². The van der Waals surface area contributed by atoms with Gasteiger partial charge in [0.2, 0.25) is 0 Å². The van der Waals surface area contributed by atoms with Gasteiger partial charge in [-0.2, -0.15) is 0 Å². The van der Waals surface area contributed by atoms with E-state index in [9.17, 15) is 0 Å². The predicted octanol–water partition coefficient (Wildman–Crippen LogP) is 4.25. The quantitative estimate of drug-likeness (QED) is 0.526. The van der Waals surface area contributed by atoms with Crippen LogP contribution in [0.2, 0.25) is 0 Å². The second kappa shape index (κ2) is 4.69. The monoisotopic (exact) mass is 235 g/mol. The summed E-state index contributed by atoms with van der Waals surface area (Å²) in [7, 11) is 0. The summed E-state index contributed by atoms with van der Waals surface area (Å²) in [4.78, 5) is 0. The van der Waals surface area contributed by atoms with Gasteiger partial charge in [-0.1, -0.05) is 36.4 Å². The zero-order valence-corrected chi connectivity index (χ0v) is 10.4. The minimum atomic E-state index is 0.954. The van der Waals surface area contributed by atoms with Gasteiger partial charge >= 0.3 is 0 Å². The fraction of sp³-hybridized carbons (Fsp3) is 0.176. The number of hydrogen-bond acceptors (Lipinski definition) is 1. The molecule has 90 valence electrons. The lowest BCUT2D eigenvalue weighted by molar-refractivity contribution is 1.07. The third-order valence-corrected chi connectivity index (χ3v) is 3.47. The zero-order valence-electron chi connectivity index (χ0n) is 10.4. The number of anilines is 1. The van der Waals surface area contributed by atoms with Crippen LogP contribution in [0.3, 0.4) is 0 Å². The molecular formula is C17H17N. The summed E-state index contributed by atoms with van der Waals surface area (Å²) in [5, 5.41) is 3.43. The van der Waals surface area contributed by atoms with Crippen molar-refractivity contribution in [3.8, 4) is 11.1 Å². The van der Waals surface area contributed by atoms with E-state index in [1.54, 1.807) is 0 Å². The van der Waals surface area contributed by atoms with Crippen molar-refractivity contribution < 1.29 is 0 Å². The first kappa shape index (κ1) is 11.1. The Morgan fingerprint density at radius 3 is 2.78 bits per heavy atom. The lowest BCUT2D eigenvalue weighted by Crippen LogP contribution is -2.00. The SMILES string of the molecule is C=CCCNc1ccc2c(c1)Cc1ccccc1-2. The van der Waals surface area contributed by atoms with Crippen LogP contribution >= 0.6 is 0 Å². The second-order valence-corrected chi connectivity index (χ2v) is 4.71. The third kappa shape index (κ3) is 1.92. The average Bonchev–Trinajstić information content (AvgIpc) is 2.76. The summed E-state index contributed by atoms with van der Waals surface area (Å²) in [6, 6.07) is 15.4. The Bertz CT molecular complexity index is 584. The van der Waals surface area contributed by atoms with Gasteiger partial charge in [0.15, 0.2) is 0 Å². The predicted molar refractivity (Wildman–Crippen MR) is 78.0 cm³/mol. The molecule has 1 heteroatoms. The standard InChI is InChI=1S/C17H17N/c1-2-3-10-18-15-8-9-17-14(12-15)11-13-6-4-5-7-16(13)17/h2,4-9,12,18H,1,3,10-11H2. The Labute approximate surface area is 108 Å². The van der Waals surface area contributed by atoms with E-state index in [-0.39, 0.29) is 0 Å². The van der Waals surface area contributed by atoms with Gasteiger partial charge in [-0.15, -0.1) is 6.58 Å². The van der Waals surface area contributed by atoms with Crippen molar-refractivity contribution in [2.45, 2.75) is 12.8 Å². The molecule has 1 aliphatic rings. The molecule has 0 spiro atoms. The second-order valence-electron chi connectivity index (χ2n) is 4.71. The molecule has 0 aliphatic heterocycles. The van der Waals surface area contributed by atoms with Crippen molar-refractivity contribution in [2.24, 2.45) is 0 Å². The molecule has 0 saturated carbocycles. The molecule has 0 bridgehead atoms. The minimum Gasteiger partial charge on any atom is -0.385 e. The average molecular weight is 235 g/mol. The molecule has 1 nitrogen and oxygen atoms in total. The first-order chi connectivity index (χ1) is 8.88. The molecule has 0 saturated heterocycles. The molecule has 1 aliphatic carbocycles. The molecule has 0 unspecified atom stereocenters. The Balaban J connectivity index is 1.86. The van der Waals surface area contributed by atoms with E-state index in [4.69, 9.17) is 0 Å². The van der Waals surface area contributed by atoms with Crippen LogP contribution in [0.15, 0.2) is 55.1 Å². The molecule has 0 aromatic heterocycles. The van der Waals surface area contributed by atoms with Gasteiger partial charge in [-0.3, -0.25) is 0 Å². The highest BCUT2D eigenvalue weighted by Gasteiger charge is 2.17. The highest BCUT2D eigenvalue weighted by Crippen LogP contribution is 2.37. The van der Waals surface area contributed by atoms with Crippen molar-refractivity contribution in [2.75, 3.05) is 11.9 Å². The van der Waals surface area contributed by atoms with E-state index in [0.29, 0.717) is 0 Å². The van der Waals surface area contributed by atoms with Crippen molar-refractivity contribution in [3.63, 3.8) is 0 Å². The normalized spacial score (nSPS) is 11.8. The first-order valence-electron chi connectivity index (χ1n) is 6.44. The lowest BCUT2D eigenvalue weighted by Gasteiger charge is -2.07. The zero-order chi connectivity index (χ0) is 12.4. The number of benzene rings is 2. The summed E-state index contributed by atoms with van der Waals surface area (Å²) in [5.74, 6) is 0. The molecule has 2 aromatic rings. The lowest BCUT2D eigenvalue weighted by atomic mass is 10.1. The molecule has 0 heterocycles. The van der Waals surface area contributed by atoms with Crippen LogP contribution in [-0.2, 0) is 6.42 Å².